The van der Waals surface area contributed by atoms with Crippen molar-refractivity contribution in [2.24, 2.45) is 0 Å². The average Bonchev–Trinajstić information content (AvgIpc) is 1.81. The quantitative estimate of drug-likeness (QED) is 0.421. The summed E-state index contributed by atoms with van der Waals surface area (Å²) in [6.45, 7) is 4.19. The van der Waals surface area contributed by atoms with Crippen molar-refractivity contribution in [3.05, 3.63) is 0 Å². The Morgan fingerprint density at radius 1 is 1.50 bits per heavy atom. The molecule has 0 unspecified atom stereocenters. The molecule has 0 atom stereocenters. The summed E-state index contributed by atoms with van der Waals surface area (Å²) in [5.74, 6) is 2.56. The van der Waals surface area contributed by atoms with Gasteiger partial charge >= 0.3 is 0 Å². The van der Waals surface area contributed by atoms with Gasteiger partial charge in [-0.1, -0.05) is 6.92 Å². The standard InChI is InChI=1S/C7H13N/c1-3-5-7-8-6-4-2/h1,8H,4-7H2,2H3. The zero-order chi connectivity index (χ0) is 6.24. The lowest BCUT2D eigenvalue weighted by Gasteiger charge is -1.95. The Bertz CT molecular complexity index is 70.9. The lowest BCUT2D eigenvalue weighted by molar-refractivity contribution is 0.683. The molecular weight excluding hydrogens is 98.1 g/mol. The molecule has 46 valence electrons. The van der Waals surface area contributed by atoms with Crippen molar-refractivity contribution >= 4 is 0 Å². The summed E-state index contributed by atoms with van der Waals surface area (Å²) in [6.07, 6.45) is 7.05. The van der Waals surface area contributed by atoms with Gasteiger partial charge in [0, 0.05) is 13.0 Å². The van der Waals surface area contributed by atoms with Gasteiger partial charge in [0.05, 0.1) is 0 Å². The molecule has 0 bridgehead atoms. The minimum absolute atomic E-state index is 0.847. The normalized spacial score (nSPS) is 8.50. The van der Waals surface area contributed by atoms with Gasteiger partial charge in [0.1, 0.15) is 0 Å². The predicted octanol–water partition coefficient (Wildman–Crippen LogP) is 1.01. The van der Waals surface area contributed by atoms with Crippen molar-refractivity contribution in [3.8, 4) is 12.3 Å². The summed E-state index contributed by atoms with van der Waals surface area (Å²) in [6, 6.07) is 0. The zero-order valence-electron chi connectivity index (χ0n) is 5.41. The molecule has 0 fully saturated rings. The summed E-state index contributed by atoms with van der Waals surface area (Å²) in [5.41, 5.74) is 0. The van der Waals surface area contributed by atoms with Gasteiger partial charge in [-0.3, -0.25) is 0 Å². The molecule has 0 rings (SSSR count). The van der Waals surface area contributed by atoms with E-state index in [1.807, 2.05) is 0 Å². The van der Waals surface area contributed by atoms with E-state index in [-0.39, 0.29) is 0 Å². The first kappa shape index (κ1) is 7.52. The molecule has 0 saturated carbocycles. The fraction of sp³-hybridized carbons (Fsp3) is 0.714. The van der Waals surface area contributed by atoms with Crippen molar-refractivity contribution < 1.29 is 0 Å². The molecule has 0 aromatic heterocycles. The Morgan fingerprint density at radius 2 is 2.25 bits per heavy atom. The van der Waals surface area contributed by atoms with Crippen LogP contribution in [-0.2, 0) is 0 Å². The summed E-state index contributed by atoms with van der Waals surface area (Å²) >= 11 is 0. The highest BCUT2D eigenvalue weighted by atomic mass is 14.8. The van der Waals surface area contributed by atoms with Crippen LogP contribution in [0.4, 0.5) is 0 Å². The fourth-order valence-corrected chi connectivity index (χ4v) is 0.462. The fourth-order valence-electron chi connectivity index (χ4n) is 0.462. The van der Waals surface area contributed by atoms with Gasteiger partial charge in [0.25, 0.3) is 0 Å². The van der Waals surface area contributed by atoms with Crippen LogP contribution in [-0.4, -0.2) is 13.1 Å². The van der Waals surface area contributed by atoms with Gasteiger partial charge in [0.2, 0.25) is 0 Å². The van der Waals surface area contributed by atoms with E-state index in [2.05, 4.69) is 18.2 Å². The molecule has 0 aromatic carbocycles. The second-order valence-electron chi connectivity index (χ2n) is 1.70. The maximum Gasteiger partial charge on any atom is 0.0211 e. The molecule has 0 amide bonds. The monoisotopic (exact) mass is 111 g/mol. The first-order valence-corrected chi connectivity index (χ1v) is 3.06. The Balaban J connectivity index is 2.65. The minimum Gasteiger partial charge on any atom is -0.316 e. The first-order valence-electron chi connectivity index (χ1n) is 3.06. The van der Waals surface area contributed by atoms with E-state index in [1.165, 1.54) is 6.42 Å². The second kappa shape index (κ2) is 6.52. The molecule has 0 spiro atoms. The molecule has 0 aromatic rings. The third-order valence-electron chi connectivity index (χ3n) is 0.873. The Morgan fingerprint density at radius 3 is 2.75 bits per heavy atom. The molecule has 0 aliphatic carbocycles. The maximum atomic E-state index is 5.02. The minimum atomic E-state index is 0.847. The van der Waals surface area contributed by atoms with E-state index in [4.69, 9.17) is 6.42 Å². The van der Waals surface area contributed by atoms with Gasteiger partial charge < -0.3 is 5.32 Å². The van der Waals surface area contributed by atoms with E-state index in [1.54, 1.807) is 0 Å². The van der Waals surface area contributed by atoms with Crippen LogP contribution >= 0.6 is 0 Å². The number of hydrogen-bond donors (Lipinski definition) is 1. The lowest BCUT2D eigenvalue weighted by atomic mass is 10.4. The Labute approximate surface area is 51.5 Å². The van der Waals surface area contributed by atoms with Gasteiger partial charge in [-0.25, -0.2) is 0 Å². The molecule has 1 heteroatoms. The third-order valence-corrected chi connectivity index (χ3v) is 0.873. The molecule has 0 aliphatic rings. The summed E-state index contributed by atoms with van der Waals surface area (Å²) in [7, 11) is 0. The Hall–Kier alpha value is -0.480. The lowest BCUT2D eigenvalue weighted by Crippen LogP contribution is -2.14. The summed E-state index contributed by atoms with van der Waals surface area (Å²) in [5, 5.41) is 3.19. The van der Waals surface area contributed by atoms with Crippen LogP contribution in [0.2, 0.25) is 0 Å². The van der Waals surface area contributed by atoms with Crippen LogP contribution in [0.1, 0.15) is 19.8 Å². The second-order valence-corrected chi connectivity index (χ2v) is 1.70. The largest absolute Gasteiger partial charge is 0.316 e. The van der Waals surface area contributed by atoms with E-state index < -0.39 is 0 Å². The van der Waals surface area contributed by atoms with Crippen LogP contribution < -0.4 is 5.32 Å². The van der Waals surface area contributed by atoms with Crippen LogP contribution in [0, 0.1) is 12.3 Å². The SMILES string of the molecule is C#CCCNCCC. The van der Waals surface area contributed by atoms with Crippen LogP contribution in [0.3, 0.4) is 0 Å². The van der Waals surface area contributed by atoms with Crippen molar-refractivity contribution in [1.82, 2.24) is 5.32 Å². The number of hydrogen-bond acceptors (Lipinski definition) is 1. The highest BCUT2D eigenvalue weighted by molar-refractivity contribution is 4.83. The molecule has 0 saturated heterocycles. The highest BCUT2D eigenvalue weighted by Gasteiger charge is 1.78. The van der Waals surface area contributed by atoms with Crippen molar-refractivity contribution in [2.45, 2.75) is 19.8 Å². The van der Waals surface area contributed by atoms with Crippen molar-refractivity contribution in [3.63, 3.8) is 0 Å². The average molecular weight is 111 g/mol. The molecule has 1 N–H and O–H groups in total. The van der Waals surface area contributed by atoms with E-state index in [0.717, 1.165) is 19.5 Å². The zero-order valence-corrected chi connectivity index (χ0v) is 5.41. The summed E-state index contributed by atoms with van der Waals surface area (Å²) in [4.78, 5) is 0. The van der Waals surface area contributed by atoms with Crippen molar-refractivity contribution in [2.75, 3.05) is 13.1 Å². The van der Waals surface area contributed by atoms with E-state index >= 15 is 0 Å². The molecule has 1 nitrogen and oxygen atoms in total. The smallest absolute Gasteiger partial charge is 0.0211 e. The number of rotatable bonds is 4. The predicted molar refractivity (Wildman–Crippen MR) is 36.6 cm³/mol. The van der Waals surface area contributed by atoms with Gasteiger partial charge in [-0.15, -0.1) is 12.3 Å². The molecular formula is C7H13N. The maximum absolute atomic E-state index is 5.02. The van der Waals surface area contributed by atoms with Gasteiger partial charge in [-0.05, 0) is 13.0 Å². The Kier molecular flexibility index (Phi) is 6.13. The van der Waals surface area contributed by atoms with E-state index in [0.29, 0.717) is 0 Å². The van der Waals surface area contributed by atoms with Crippen molar-refractivity contribution in [1.29, 1.82) is 0 Å². The number of nitrogens with one attached hydrogen (secondary N) is 1. The van der Waals surface area contributed by atoms with E-state index in [9.17, 15) is 0 Å². The molecule has 0 aliphatic heterocycles. The first-order chi connectivity index (χ1) is 3.91. The number of terminal acetylenes is 1. The molecule has 8 heavy (non-hydrogen) atoms. The molecule has 0 heterocycles. The van der Waals surface area contributed by atoms with Crippen LogP contribution in [0.5, 0.6) is 0 Å². The van der Waals surface area contributed by atoms with Crippen LogP contribution in [0.15, 0.2) is 0 Å². The summed E-state index contributed by atoms with van der Waals surface area (Å²) < 4.78 is 0. The molecule has 0 radical (unpaired) electrons. The van der Waals surface area contributed by atoms with Gasteiger partial charge in [0.15, 0.2) is 0 Å². The van der Waals surface area contributed by atoms with Gasteiger partial charge in [-0.2, -0.15) is 0 Å². The van der Waals surface area contributed by atoms with Crippen LogP contribution in [0.25, 0.3) is 0 Å². The topological polar surface area (TPSA) is 12.0 Å². The third kappa shape index (κ3) is 5.52. The highest BCUT2D eigenvalue weighted by Crippen LogP contribution is 1.72.